The number of hydrogen-bond donors (Lipinski definition) is 1. The lowest BCUT2D eigenvalue weighted by molar-refractivity contribution is -0.908. The van der Waals surface area contributed by atoms with Crippen molar-refractivity contribution in [2.75, 3.05) is 39.5 Å². The van der Waals surface area contributed by atoms with Gasteiger partial charge in [-0.1, -0.05) is 12.8 Å². The molecule has 0 aromatic carbocycles. The van der Waals surface area contributed by atoms with E-state index in [1.54, 1.807) is 0 Å². The maximum absolute atomic E-state index is 11.6. The molecule has 0 bridgehead atoms. The number of ether oxygens (including phenoxy) is 2. The molecule has 0 aromatic heterocycles. The summed E-state index contributed by atoms with van der Waals surface area (Å²) in [4.78, 5) is 13.1. The first-order chi connectivity index (χ1) is 7.86. The lowest BCUT2D eigenvalue weighted by Gasteiger charge is -2.23. The zero-order valence-corrected chi connectivity index (χ0v) is 9.87. The first-order valence-corrected chi connectivity index (χ1v) is 6.44. The molecule has 1 N–H and O–H groups in total. The topological polar surface area (TPSA) is 40.0 Å². The van der Waals surface area contributed by atoms with Crippen molar-refractivity contribution < 1.29 is 19.2 Å². The first-order valence-electron chi connectivity index (χ1n) is 6.44. The van der Waals surface area contributed by atoms with Crippen molar-refractivity contribution in [3.8, 4) is 0 Å². The van der Waals surface area contributed by atoms with Gasteiger partial charge in [0.1, 0.15) is 26.2 Å². The molecule has 92 valence electrons. The van der Waals surface area contributed by atoms with E-state index in [2.05, 4.69) is 0 Å². The SMILES string of the molecule is O=C(OCC[NH+]1CCOCC1)C1CCCC1. The maximum Gasteiger partial charge on any atom is 0.309 e. The molecule has 0 spiro atoms. The molecule has 2 fully saturated rings. The van der Waals surface area contributed by atoms with E-state index >= 15 is 0 Å². The Balaban J connectivity index is 1.57. The second kappa shape index (κ2) is 6.21. The molecule has 4 heteroatoms. The van der Waals surface area contributed by atoms with Crippen LogP contribution in [0, 0.1) is 5.92 Å². The Morgan fingerprint density at radius 3 is 2.62 bits per heavy atom. The van der Waals surface area contributed by atoms with Crippen LogP contribution in [-0.4, -0.2) is 45.4 Å². The molecular weight excluding hydrogens is 206 g/mol. The number of carbonyl (C=O) groups excluding carboxylic acids is 1. The molecule has 0 amide bonds. The Hall–Kier alpha value is -0.610. The van der Waals surface area contributed by atoms with Crippen molar-refractivity contribution >= 4 is 5.97 Å². The van der Waals surface area contributed by atoms with Gasteiger partial charge in [0.15, 0.2) is 0 Å². The first kappa shape index (κ1) is 11.9. The molecule has 1 saturated carbocycles. The lowest BCUT2D eigenvalue weighted by atomic mass is 10.1. The van der Waals surface area contributed by atoms with Crippen molar-refractivity contribution in [2.45, 2.75) is 25.7 Å². The quantitative estimate of drug-likeness (QED) is 0.668. The van der Waals surface area contributed by atoms with E-state index < -0.39 is 0 Å². The van der Waals surface area contributed by atoms with Gasteiger partial charge in [0, 0.05) is 0 Å². The molecular formula is C12H22NO3+. The van der Waals surface area contributed by atoms with Gasteiger partial charge in [-0.15, -0.1) is 0 Å². The van der Waals surface area contributed by atoms with E-state index in [1.807, 2.05) is 0 Å². The van der Waals surface area contributed by atoms with Crippen molar-refractivity contribution in [1.82, 2.24) is 0 Å². The number of rotatable bonds is 4. The summed E-state index contributed by atoms with van der Waals surface area (Å²) in [6.45, 7) is 5.27. The van der Waals surface area contributed by atoms with Crippen LogP contribution >= 0.6 is 0 Å². The van der Waals surface area contributed by atoms with Crippen LogP contribution in [0.4, 0.5) is 0 Å². The molecule has 0 radical (unpaired) electrons. The highest BCUT2D eigenvalue weighted by atomic mass is 16.5. The van der Waals surface area contributed by atoms with Gasteiger partial charge < -0.3 is 14.4 Å². The van der Waals surface area contributed by atoms with Crippen LogP contribution in [0.2, 0.25) is 0 Å². The summed E-state index contributed by atoms with van der Waals surface area (Å²) < 4.78 is 10.6. The second-order valence-electron chi connectivity index (χ2n) is 4.76. The zero-order valence-electron chi connectivity index (χ0n) is 9.87. The summed E-state index contributed by atoms with van der Waals surface area (Å²) in [7, 11) is 0. The average molecular weight is 228 g/mol. The van der Waals surface area contributed by atoms with Crippen LogP contribution in [0.15, 0.2) is 0 Å². The Morgan fingerprint density at radius 2 is 1.94 bits per heavy atom. The van der Waals surface area contributed by atoms with Gasteiger partial charge in [0.05, 0.1) is 19.1 Å². The third-order valence-electron chi connectivity index (χ3n) is 3.59. The van der Waals surface area contributed by atoms with Gasteiger partial charge in [-0.3, -0.25) is 4.79 Å². The number of nitrogens with one attached hydrogen (secondary N) is 1. The molecule has 1 heterocycles. The molecule has 1 aliphatic carbocycles. The predicted octanol–water partition coefficient (Wildman–Crippen LogP) is -0.365. The number of hydrogen-bond acceptors (Lipinski definition) is 3. The molecule has 0 aromatic rings. The molecule has 0 atom stereocenters. The minimum atomic E-state index is 0.0326. The van der Waals surface area contributed by atoms with Crippen LogP contribution in [0.3, 0.4) is 0 Å². The fraction of sp³-hybridized carbons (Fsp3) is 0.917. The lowest BCUT2D eigenvalue weighted by Crippen LogP contribution is -3.14. The van der Waals surface area contributed by atoms with Gasteiger partial charge in [-0.2, -0.15) is 0 Å². The summed E-state index contributed by atoms with van der Waals surface area (Å²) >= 11 is 0. The maximum atomic E-state index is 11.6. The Bertz CT molecular complexity index is 220. The van der Waals surface area contributed by atoms with Crippen LogP contribution in [-0.2, 0) is 14.3 Å². The van der Waals surface area contributed by atoms with E-state index in [-0.39, 0.29) is 11.9 Å². The Labute approximate surface area is 96.9 Å². The Kier molecular flexibility index (Phi) is 4.60. The number of carbonyl (C=O) groups is 1. The molecule has 1 saturated heterocycles. The molecule has 1 aliphatic heterocycles. The van der Waals surface area contributed by atoms with Crippen LogP contribution in [0.25, 0.3) is 0 Å². The fourth-order valence-electron chi connectivity index (χ4n) is 2.49. The van der Waals surface area contributed by atoms with Crippen molar-refractivity contribution in [1.29, 1.82) is 0 Å². The highest BCUT2D eigenvalue weighted by molar-refractivity contribution is 5.72. The van der Waals surface area contributed by atoms with Gasteiger partial charge in [0.2, 0.25) is 0 Å². The third kappa shape index (κ3) is 3.46. The number of morpholine rings is 1. The molecule has 2 rings (SSSR count). The zero-order chi connectivity index (χ0) is 11.2. The van der Waals surface area contributed by atoms with Crippen molar-refractivity contribution in [3.63, 3.8) is 0 Å². The van der Waals surface area contributed by atoms with Gasteiger partial charge >= 0.3 is 5.97 Å². The van der Waals surface area contributed by atoms with Crippen molar-refractivity contribution in [2.24, 2.45) is 5.92 Å². The molecule has 0 unspecified atom stereocenters. The van der Waals surface area contributed by atoms with Gasteiger partial charge in [-0.05, 0) is 12.8 Å². The molecule has 2 aliphatic rings. The highest BCUT2D eigenvalue weighted by Gasteiger charge is 2.24. The van der Waals surface area contributed by atoms with E-state index in [0.29, 0.717) is 6.61 Å². The normalized spacial score (nSPS) is 23.5. The summed E-state index contributed by atoms with van der Waals surface area (Å²) in [5, 5.41) is 0. The van der Waals surface area contributed by atoms with E-state index in [0.717, 1.165) is 45.7 Å². The van der Waals surface area contributed by atoms with Crippen LogP contribution < -0.4 is 4.90 Å². The summed E-state index contributed by atoms with van der Waals surface area (Å²) in [5.41, 5.74) is 0. The summed E-state index contributed by atoms with van der Waals surface area (Å²) in [6, 6.07) is 0. The molecule has 16 heavy (non-hydrogen) atoms. The smallest absolute Gasteiger partial charge is 0.309 e. The van der Waals surface area contributed by atoms with Crippen molar-refractivity contribution in [3.05, 3.63) is 0 Å². The monoisotopic (exact) mass is 228 g/mol. The Morgan fingerprint density at radius 1 is 1.25 bits per heavy atom. The number of esters is 1. The van der Waals surface area contributed by atoms with Gasteiger partial charge in [-0.25, -0.2) is 0 Å². The number of quaternary nitrogens is 1. The van der Waals surface area contributed by atoms with E-state index in [4.69, 9.17) is 9.47 Å². The van der Waals surface area contributed by atoms with E-state index in [9.17, 15) is 4.79 Å². The molecule has 4 nitrogen and oxygen atoms in total. The minimum Gasteiger partial charge on any atom is -0.459 e. The predicted molar refractivity (Wildman–Crippen MR) is 59.3 cm³/mol. The largest absolute Gasteiger partial charge is 0.459 e. The third-order valence-corrected chi connectivity index (χ3v) is 3.59. The van der Waals surface area contributed by atoms with Crippen LogP contribution in [0.5, 0.6) is 0 Å². The summed E-state index contributed by atoms with van der Waals surface area (Å²) in [6.07, 6.45) is 4.44. The van der Waals surface area contributed by atoms with Crippen LogP contribution in [0.1, 0.15) is 25.7 Å². The van der Waals surface area contributed by atoms with E-state index in [1.165, 1.54) is 17.7 Å². The summed E-state index contributed by atoms with van der Waals surface area (Å²) in [5.74, 6) is 0.227. The fourth-order valence-corrected chi connectivity index (χ4v) is 2.49. The second-order valence-corrected chi connectivity index (χ2v) is 4.76. The minimum absolute atomic E-state index is 0.0326. The van der Waals surface area contributed by atoms with Gasteiger partial charge in [0.25, 0.3) is 0 Å². The highest BCUT2D eigenvalue weighted by Crippen LogP contribution is 2.25. The standard InChI is InChI=1S/C12H21NO3/c14-12(11-3-1-2-4-11)16-10-7-13-5-8-15-9-6-13/h11H,1-10H2/p+1. The average Bonchev–Trinajstić information content (AvgIpc) is 2.84.